The number of anilines is 1. The molecule has 104 valence electrons. The Hall–Kier alpha value is -1.40. The third-order valence-corrected chi connectivity index (χ3v) is 3.63. The molecule has 0 amide bonds. The van der Waals surface area contributed by atoms with Crippen LogP contribution in [0.15, 0.2) is 12.1 Å². The lowest BCUT2D eigenvalue weighted by atomic mass is 9.99. The molecule has 0 spiro atoms. The third-order valence-electron chi connectivity index (χ3n) is 3.34. The van der Waals surface area contributed by atoms with Gasteiger partial charge in [0.05, 0.1) is 16.0 Å². The standard InChI is InChI=1S/C12H15ClFN3O2/c1-7-10(3-2-4-15-7)16-11-5-8(13)9(14)6-12(11)17(18)19/h5-7,10,15-16H,2-4H2,1H3. The monoisotopic (exact) mass is 287 g/mol. The predicted octanol–water partition coefficient (Wildman–Crippen LogP) is 2.94. The molecule has 2 N–H and O–H groups in total. The van der Waals surface area contributed by atoms with E-state index in [9.17, 15) is 14.5 Å². The zero-order chi connectivity index (χ0) is 14.0. The van der Waals surface area contributed by atoms with Crippen LogP contribution in [0.3, 0.4) is 0 Å². The van der Waals surface area contributed by atoms with Crippen molar-refractivity contribution in [1.82, 2.24) is 5.32 Å². The maximum absolute atomic E-state index is 13.3. The molecule has 7 heteroatoms. The first-order valence-corrected chi connectivity index (χ1v) is 6.50. The fourth-order valence-electron chi connectivity index (χ4n) is 2.24. The summed E-state index contributed by atoms with van der Waals surface area (Å²) in [6.45, 7) is 2.94. The molecule has 0 bridgehead atoms. The number of benzene rings is 1. The fraction of sp³-hybridized carbons (Fsp3) is 0.500. The lowest BCUT2D eigenvalue weighted by molar-refractivity contribution is -0.384. The number of hydrogen-bond donors (Lipinski definition) is 2. The lowest BCUT2D eigenvalue weighted by Gasteiger charge is -2.31. The number of halogens is 2. The van der Waals surface area contributed by atoms with Gasteiger partial charge < -0.3 is 10.6 Å². The summed E-state index contributed by atoms with van der Waals surface area (Å²) < 4.78 is 13.3. The van der Waals surface area contributed by atoms with E-state index in [0.717, 1.165) is 25.5 Å². The quantitative estimate of drug-likeness (QED) is 0.662. The number of nitrogens with zero attached hydrogens (tertiary/aromatic N) is 1. The summed E-state index contributed by atoms with van der Waals surface area (Å²) in [5.74, 6) is -0.784. The molecule has 1 aromatic rings. The van der Waals surface area contributed by atoms with Crippen LogP contribution >= 0.6 is 11.6 Å². The van der Waals surface area contributed by atoms with Crippen LogP contribution in [0, 0.1) is 15.9 Å². The maximum Gasteiger partial charge on any atom is 0.295 e. The van der Waals surface area contributed by atoms with Gasteiger partial charge in [0.15, 0.2) is 0 Å². The van der Waals surface area contributed by atoms with Gasteiger partial charge in [0.1, 0.15) is 11.5 Å². The highest BCUT2D eigenvalue weighted by molar-refractivity contribution is 6.31. The summed E-state index contributed by atoms with van der Waals surface area (Å²) >= 11 is 5.69. The number of nitro benzene ring substituents is 1. The highest BCUT2D eigenvalue weighted by Crippen LogP contribution is 2.31. The zero-order valence-electron chi connectivity index (χ0n) is 10.5. The van der Waals surface area contributed by atoms with Crippen LogP contribution in [0.25, 0.3) is 0 Å². The van der Waals surface area contributed by atoms with E-state index < -0.39 is 10.7 Å². The molecule has 0 radical (unpaired) electrons. The number of rotatable bonds is 3. The smallest absolute Gasteiger partial charge is 0.295 e. The first-order valence-electron chi connectivity index (χ1n) is 6.12. The molecule has 5 nitrogen and oxygen atoms in total. The first-order chi connectivity index (χ1) is 8.99. The van der Waals surface area contributed by atoms with Gasteiger partial charge in [-0.15, -0.1) is 0 Å². The van der Waals surface area contributed by atoms with Crippen molar-refractivity contribution in [2.75, 3.05) is 11.9 Å². The van der Waals surface area contributed by atoms with Crippen molar-refractivity contribution < 1.29 is 9.31 Å². The minimum Gasteiger partial charge on any atom is -0.375 e. The summed E-state index contributed by atoms with van der Waals surface area (Å²) in [6, 6.07) is 2.38. The summed E-state index contributed by atoms with van der Waals surface area (Å²) in [7, 11) is 0. The minimum atomic E-state index is -0.784. The third kappa shape index (κ3) is 3.13. The topological polar surface area (TPSA) is 67.2 Å². The van der Waals surface area contributed by atoms with Gasteiger partial charge in [-0.1, -0.05) is 11.6 Å². The Bertz CT molecular complexity index is 498. The van der Waals surface area contributed by atoms with Crippen molar-refractivity contribution in [3.05, 3.63) is 33.1 Å². The molecular formula is C12H15ClFN3O2. The average Bonchev–Trinajstić information content (AvgIpc) is 2.36. The van der Waals surface area contributed by atoms with Crippen LogP contribution < -0.4 is 10.6 Å². The minimum absolute atomic E-state index is 0.0639. The van der Waals surface area contributed by atoms with Crippen LogP contribution in [0.4, 0.5) is 15.8 Å². The zero-order valence-corrected chi connectivity index (χ0v) is 11.2. The van der Waals surface area contributed by atoms with Crippen LogP contribution in [0.1, 0.15) is 19.8 Å². The molecule has 1 fully saturated rings. The molecule has 1 aromatic carbocycles. The molecule has 0 saturated carbocycles. The first kappa shape index (κ1) is 14.0. The Morgan fingerprint density at radius 2 is 2.32 bits per heavy atom. The van der Waals surface area contributed by atoms with Gasteiger partial charge in [-0.2, -0.15) is 0 Å². The van der Waals surface area contributed by atoms with E-state index in [1.807, 2.05) is 6.92 Å². The van der Waals surface area contributed by atoms with Crippen LogP contribution in [0.2, 0.25) is 5.02 Å². The van der Waals surface area contributed by atoms with Gasteiger partial charge in [-0.3, -0.25) is 10.1 Å². The van der Waals surface area contributed by atoms with Crippen LogP contribution in [-0.2, 0) is 0 Å². The Morgan fingerprint density at radius 3 is 2.95 bits per heavy atom. The summed E-state index contributed by atoms with van der Waals surface area (Å²) in [5, 5.41) is 17.2. The van der Waals surface area contributed by atoms with Gasteiger partial charge in [0.2, 0.25) is 0 Å². The lowest BCUT2D eigenvalue weighted by Crippen LogP contribution is -2.46. The molecule has 1 saturated heterocycles. The second kappa shape index (κ2) is 5.71. The molecule has 2 rings (SSSR count). The molecule has 1 aliphatic rings. The highest BCUT2D eigenvalue weighted by Gasteiger charge is 2.25. The van der Waals surface area contributed by atoms with Crippen molar-refractivity contribution in [3.63, 3.8) is 0 Å². The Labute approximate surface area is 115 Å². The number of nitro groups is 1. The largest absolute Gasteiger partial charge is 0.375 e. The molecule has 2 unspecified atom stereocenters. The molecule has 1 aliphatic heterocycles. The van der Waals surface area contributed by atoms with Crippen molar-refractivity contribution >= 4 is 23.0 Å². The van der Waals surface area contributed by atoms with Crippen LogP contribution in [-0.4, -0.2) is 23.6 Å². The molecule has 0 aromatic heterocycles. The average molecular weight is 288 g/mol. The predicted molar refractivity (Wildman–Crippen MR) is 72.2 cm³/mol. The van der Waals surface area contributed by atoms with E-state index in [1.54, 1.807) is 0 Å². The second-order valence-electron chi connectivity index (χ2n) is 4.68. The van der Waals surface area contributed by atoms with E-state index in [1.165, 1.54) is 6.07 Å². The van der Waals surface area contributed by atoms with E-state index in [2.05, 4.69) is 10.6 Å². The second-order valence-corrected chi connectivity index (χ2v) is 5.08. The number of nitrogens with one attached hydrogen (secondary N) is 2. The van der Waals surface area contributed by atoms with Crippen LogP contribution in [0.5, 0.6) is 0 Å². The molecule has 1 heterocycles. The van der Waals surface area contributed by atoms with E-state index in [0.29, 0.717) is 0 Å². The summed E-state index contributed by atoms with van der Waals surface area (Å²) in [5.41, 5.74) is -0.0309. The molecule has 2 atom stereocenters. The van der Waals surface area contributed by atoms with E-state index >= 15 is 0 Å². The summed E-state index contributed by atoms with van der Waals surface area (Å²) in [6.07, 6.45) is 1.89. The van der Waals surface area contributed by atoms with Crippen molar-refractivity contribution in [2.45, 2.75) is 31.8 Å². The SMILES string of the molecule is CC1NCCCC1Nc1cc(Cl)c(F)cc1[N+](=O)[O-]. The van der Waals surface area contributed by atoms with Gasteiger partial charge in [0.25, 0.3) is 5.69 Å². The molecule has 19 heavy (non-hydrogen) atoms. The normalized spacial score (nSPS) is 23.1. The maximum atomic E-state index is 13.3. The van der Waals surface area contributed by atoms with Gasteiger partial charge in [0, 0.05) is 12.1 Å². The van der Waals surface area contributed by atoms with Gasteiger partial charge in [-0.05, 0) is 32.4 Å². The molecular weight excluding hydrogens is 273 g/mol. The van der Waals surface area contributed by atoms with Crippen molar-refractivity contribution in [3.8, 4) is 0 Å². The van der Waals surface area contributed by atoms with Crippen molar-refractivity contribution in [2.24, 2.45) is 0 Å². The fourth-order valence-corrected chi connectivity index (χ4v) is 2.41. The van der Waals surface area contributed by atoms with Crippen molar-refractivity contribution in [1.29, 1.82) is 0 Å². The number of hydrogen-bond acceptors (Lipinski definition) is 4. The number of piperidine rings is 1. The Kier molecular flexibility index (Phi) is 4.21. The van der Waals surface area contributed by atoms with E-state index in [-0.39, 0.29) is 28.5 Å². The summed E-state index contributed by atoms with van der Waals surface area (Å²) in [4.78, 5) is 10.3. The highest BCUT2D eigenvalue weighted by atomic mass is 35.5. The van der Waals surface area contributed by atoms with Gasteiger partial charge in [-0.25, -0.2) is 4.39 Å². The Morgan fingerprint density at radius 1 is 1.58 bits per heavy atom. The van der Waals surface area contributed by atoms with Gasteiger partial charge >= 0.3 is 0 Å². The van der Waals surface area contributed by atoms with E-state index in [4.69, 9.17) is 11.6 Å². The Balaban J connectivity index is 2.27. The molecule has 0 aliphatic carbocycles.